The molecule has 1 N–H and O–H groups in total. The number of sulfonamides is 1. The predicted molar refractivity (Wildman–Crippen MR) is 154 cm³/mol. The van der Waals surface area contributed by atoms with Crippen molar-refractivity contribution in [1.82, 2.24) is 10.2 Å². The molecule has 3 rings (SSSR count). The number of halogens is 1. The van der Waals surface area contributed by atoms with Crippen LogP contribution in [0.5, 0.6) is 0 Å². The summed E-state index contributed by atoms with van der Waals surface area (Å²) in [6.07, 6.45) is 0. The Hall–Kier alpha value is -3.17. The van der Waals surface area contributed by atoms with Crippen molar-refractivity contribution in [2.75, 3.05) is 10.8 Å². The molecule has 0 aliphatic carbocycles. The van der Waals surface area contributed by atoms with Crippen molar-refractivity contribution in [2.45, 2.75) is 57.6 Å². The number of nitrogens with one attached hydrogen (secondary N) is 1. The van der Waals surface area contributed by atoms with E-state index in [4.69, 9.17) is 0 Å². The molecule has 0 unspecified atom stereocenters. The highest BCUT2D eigenvalue weighted by atomic mass is 79.9. The molecule has 0 aromatic heterocycles. The zero-order valence-corrected chi connectivity index (χ0v) is 24.7. The highest BCUT2D eigenvalue weighted by molar-refractivity contribution is 9.10. The first kappa shape index (κ1) is 29.4. The second-order valence-corrected chi connectivity index (χ2v) is 12.9. The second-order valence-electron chi connectivity index (χ2n) is 10.2. The lowest BCUT2D eigenvalue weighted by molar-refractivity contribution is -0.140. The Kier molecular flexibility index (Phi) is 9.38. The van der Waals surface area contributed by atoms with Crippen molar-refractivity contribution >= 4 is 43.5 Å². The Balaban J connectivity index is 2.04. The van der Waals surface area contributed by atoms with Crippen LogP contribution in [0, 0.1) is 6.92 Å². The maximum atomic E-state index is 13.9. The summed E-state index contributed by atoms with van der Waals surface area (Å²) in [5.74, 6) is -0.816. The average Bonchev–Trinajstić information content (AvgIpc) is 2.85. The number of carbonyl (C=O) groups excluding carboxylic acids is 2. The monoisotopic (exact) mass is 599 g/mol. The average molecular weight is 601 g/mol. The van der Waals surface area contributed by atoms with E-state index in [1.165, 1.54) is 17.0 Å². The van der Waals surface area contributed by atoms with Crippen LogP contribution in [0.25, 0.3) is 0 Å². The maximum Gasteiger partial charge on any atom is 0.264 e. The Morgan fingerprint density at radius 2 is 1.58 bits per heavy atom. The minimum absolute atomic E-state index is 0.0664. The Morgan fingerprint density at radius 3 is 2.18 bits per heavy atom. The van der Waals surface area contributed by atoms with E-state index in [1.54, 1.807) is 49.4 Å². The third kappa shape index (κ3) is 7.45. The number of carbonyl (C=O) groups is 2. The van der Waals surface area contributed by atoms with E-state index in [0.717, 1.165) is 15.4 Å². The lowest BCUT2D eigenvalue weighted by Gasteiger charge is -2.33. The SMILES string of the molecule is Cc1ccccc1CN(C(=O)CN(c1cccc(Br)c1)S(=O)(=O)c1ccccc1)[C@H](C)C(=O)NC(C)(C)C. The number of benzene rings is 3. The first-order valence-corrected chi connectivity index (χ1v) is 14.5. The van der Waals surface area contributed by atoms with Gasteiger partial charge in [-0.25, -0.2) is 8.42 Å². The van der Waals surface area contributed by atoms with Crippen LogP contribution in [0.3, 0.4) is 0 Å². The molecular weight excluding hydrogens is 566 g/mol. The Bertz CT molecular complexity index is 1390. The molecule has 3 aromatic rings. The van der Waals surface area contributed by atoms with E-state index in [0.29, 0.717) is 10.2 Å². The molecule has 0 spiro atoms. The van der Waals surface area contributed by atoms with Crippen molar-refractivity contribution in [1.29, 1.82) is 0 Å². The molecule has 0 bridgehead atoms. The van der Waals surface area contributed by atoms with E-state index in [-0.39, 0.29) is 17.3 Å². The quantitative estimate of drug-likeness (QED) is 0.362. The summed E-state index contributed by atoms with van der Waals surface area (Å²) in [5, 5.41) is 2.93. The molecule has 9 heteroatoms. The van der Waals surface area contributed by atoms with Gasteiger partial charge in [0.15, 0.2) is 0 Å². The maximum absolute atomic E-state index is 13.9. The van der Waals surface area contributed by atoms with Gasteiger partial charge in [0, 0.05) is 16.6 Å². The first-order chi connectivity index (χ1) is 17.8. The van der Waals surface area contributed by atoms with Crippen molar-refractivity contribution in [3.05, 3.63) is 94.5 Å². The van der Waals surface area contributed by atoms with Gasteiger partial charge in [-0.15, -0.1) is 0 Å². The summed E-state index contributed by atoms with van der Waals surface area (Å²) in [5.41, 5.74) is 1.67. The minimum Gasteiger partial charge on any atom is -0.350 e. The van der Waals surface area contributed by atoms with Crippen LogP contribution >= 0.6 is 15.9 Å². The minimum atomic E-state index is -4.09. The van der Waals surface area contributed by atoms with Gasteiger partial charge in [0.05, 0.1) is 10.6 Å². The number of hydrogen-bond donors (Lipinski definition) is 1. The number of aryl methyl sites for hydroxylation is 1. The number of hydrogen-bond acceptors (Lipinski definition) is 4. The molecule has 1 atom stereocenters. The largest absolute Gasteiger partial charge is 0.350 e. The van der Waals surface area contributed by atoms with Crippen molar-refractivity contribution in [3.63, 3.8) is 0 Å². The Morgan fingerprint density at radius 1 is 0.947 bits per heavy atom. The standard InChI is InChI=1S/C29H34BrN3O4S/c1-21-12-9-10-13-23(21)19-32(22(2)28(35)31-29(3,4)5)27(34)20-33(25-15-11-14-24(30)18-25)38(36,37)26-16-7-6-8-17-26/h6-18,22H,19-20H2,1-5H3,(H,31,35)/t22-/m1/s1. The Labute approximate surface area is 234 Å². The topological polar surface area (TPSA) is 86.8 Å². The lowest BCUT2D eigenvalue weighted by atomic mass is 10.1. The van der Waals surface area contributed by atoms with Gasteiger partial charge in [0.2, 0.25) is 11.8 Å². The summed E-state index contributed by atoms with van der Waals surface area (Å²) >= 11 is 3.40. The van der Waals surface area contributed by atoms with Crippen molar-refractivity contribution in [2.24, 2.45) is 0 Å². The zero-order valence-electron chi connectivity index (χ0n) is 22.3. The van der Waals surface area contributed by atoms with Crippen molar-refractivity contribution < 1.29 is 18.0 Å². The van der Waals surface area contributed by atoms with Gasteiger partial charge in [-0.05, 0) is 76.1 Å². The molecule has 0 heterocycles. The van der Waals surface area contributed by atoms with E-state index in [9.17, 15) is 18.0 Å². The lowest BCUT2D eigenvalue weighted by Crippen LogP contribution is -2.54. The van der Waals surface area contributed by atoms with Crippen molar-refractivity contribution in [3.8, 4) is 0 Å². The van der Waals surface area contributed by atoms with E-state index in [1.807, 2.05) is 52.0 Å². The highest BCUT2D eigenvalue weighted by Crippen LogP contribution is 2.27. The predicted octanol–water partition coefficient (Wildman–Crippen LogP) is 5.28. The third-order valence-electron chi connectivity index (χ3n) is 5.97. The zero-order chi connectivity index (χ0) is 28.1. The second kappa shape index (κ2) is 12.1. The molecule has 202 valence electrons. The molecular formula is C29H34BrN3O4S. The molecule has 0 aliphatic rings. The van der Waals surface area contributed by atoms with Crippen LogP contribution in [0.15, 0.2) is 88.2 Å². The molecule has 3 aromatic carbocycles. The molecule has 7 nitrogen and oxygen atoms in total. The highest BCUT2D eigenvalue weighted by Gasteiger charge is 2.33. The van der Waals surface area contributed by atoms with E-state index in [2.05, 4.69) is 21.2 Å². The molecule has 0 radical (unpaired) electrons. The van der Waals surface area contributed by atoms with Crippen LogP contribution in [0.1, 0.15) is 38.8 Å². The van der Waals surface area contributed by atoms with Crippen LogP contribution in [0.4, 0.5) is 5.69 Å². The fraction of sp³-hybridized carbons (Fsp3) is 0.310. The number of nitrogens with zero attached hydrogens (tertiary/aromatic N) is 2. The summed E-state index contributed by atoms with van der Waals surface area (Å²) in [6, 6.07) is 21.5. The molecule has 0 fully saturated rings. The first-order valence-electron chi connectivity index (χ1n) is 12.3. The van der Waals surface area contributed by atoms with Gasteiger partial charge >= 0.3 is 0 Å². The van der Waals surface area contributed by atoms with Gasteiger partial charge < -0.3 is 10.2 Å². The fourth-order valence-corrected chi connectivity index (χ4v) is 5.72. The van der Waals surface area contributed by atoms with Gasteiger partial charge in [0.25, 0.3) is 10.0 Å². The summed E-state index contributed by atoms with van der Waals surface area (Å²) < 4.78 is 29.3. The normalized spacial score (nSPS) is 12.5. The van der Waals surface area contributed by atoms with Gasteiger partial charge in [-0.2, -0.15) is 0 Å². The molecule has 2 amide bonds. The van der Waals surface area contributed by atoms with Crippen LogP contribution in [-0.4, -0.2) is 43.3 Å². The molecule has 38 heavy (non-hydrogen) atoms. The van der Waals surface area contributed by atoms with Gasteiger partial charge in [-0.1, -0.05) is 64.5 Å². The molecule has 0 saturated heterocycles. The van der Waals surface area contributed by atoms with E-state index < -0.39 is 34.1 Å². The third-order valence-corrected chi connectivity index (χ3v) is 8.26. The van der Waals surface area contributed by atoms with Crippen LogP contribution < -0.4 is 9.62 Å². The summed E-state index contributed by atoms with van der Waals surface area (Å²) in [6.45, 7) is 8.87. The number of anilines is 1. The van der Waals surface area contributed by atoms with Crippen LogP contribution in [-0.2, 0) is 26.2 Å². The van der Waals surface area contributed by atoms with Gasteiger partial charge in [0.1, 0.15) is 12.6 Å². The smallest absolute Gasteiger partial charge is 0.264 e. The molecule has 0 aliphatic heterocycles. The summed E-state index contributed by atoms with van der Waals surface area (Å²) in [7, 11) is -4.09. The summed E-state index contributed by atoms with van der Waals surface area (Å²) in [4.78, 5) is 28.6. The van der Waals surface area contributed by atoms with Crippen LogP contribution in [0.2, 0.25) is 0 Å². The number of amides is 2. The fourth-order valence-electron chi connectivity index (χ4n) is 3.91. The van der Waals surface area contributed by atoms with Gasteiger partial charge in [-0.3, -0.25) is 13.9 Å². The number of rotatable bonds is 9. The molecule has 0 saturated carbocycles. The van der Waals surface area contributed by atoms with E-state index >= 15 is 0 Å².